The van der Waals surface area contributed by atoms with E-state index in [4.69, 9.17) is 9.47 Å². The van der Waals surface area contributed by atoms with Crippen LogP contribution in [0.25, 0.3) is 10.6 Å². The minimum Gasteiger partial charge on any atom is -0.490 e. The Kier molecular flexibility index (Phi) is 7.40. The number of nitrogens with one attached hydrogen (secondary N) is 2. The average molecular weight is 426 g/mol. The number of carbonyl (C=O) groups is 2. The van der Waals surface area contributed by atoms with Crippen molar-refractivity contribution in [2.24, 2.45) is 0 Å². The second-order valence-electron chi connectivity index (χ2n) is 6.17. The molecule has 1 aromatic heterocycles. The van der Waals surface area contributed by atoms with Gasteiger partial charge in [-0.25, -0.2) is 4.98 Å². The van der Waals surface area contributed by atoms with Gasteiger partial charge in [0, 0.05) is 28.4 Å². The highest BCUT2D eigenvalue weighted by atomic mass is 32.1. The topological polar surface area (TPSA) is 89.5 Å². The van der Waals surface area contributed by atoms with E-state index in [1.54, 1.807) is 47.9 Å². The summed E-state index contributed by atoms with van der Waals surface area (Å²) in [5, 5.41) is 8.21. The maximum Gasteiger partial charge on any atom is 0.251 e. The Bertz CT molecular complexity index is 988. The van der Waals surface area contributed by atoms with Crippen LogP contribution >= 0.6 is 11.3 Å². The molecule has 0 fully saturated rings. The van der Waals surface area contributed by atoms with Gasteiger partial charge in [-0.1, -0.05) is 0 Å². The molecule has 3 aromatic rings. The zero-order chi connectivity index (χ0) is 21.3. The van der Waals surface area contributed by atoms with Gasteiger partial charge in [0.1, 0.15) is 5.01 Å². The number of hydrogen-bond acceptors (Lipinski definition) is 6. The standard InChI is InChI=1S/C22H23N3O4S/c1-3-28-18-10-7-16(13-19(18)29-4-2)21(27)24-14-20(26)25-17-8-5-15(6-9-17)22-23-11-12-30-22/h5-13H,3-4,14H2,1-2H3,(H,24,27)(H,25,26). The van der Waals surface area contributed by atoms with E-state index in [0.717, 1.165) is 10.6 Å². The molecule has 0 atom stereocenters. The molecule has 0 aliphatic heterocycles. The van der Waals surface area contributed by atoms with Crippen molar-refractivity contribution in [2.75, 3.05) is 25.1 Å². The fraction of sp³-hybridized carbons (Fsp3) is 0.227. The zero-order valence-electron chi connectivity index (χ0n) is 16.8. The van der Waals surface area contributed by atoms with Gasteiger partial charge in [0.15, 0.2) is 11.5 Å². The maximum atomic E-state index is 12.4. The maximum absolute atomic E-state index is 12.4. The van der Waals surface area contributed by atoms with Crippen LogP contribution in [0.5, 0.6) is 11.5 Å². The lowest BCUT2D eigenvalue weighted by Gasteiger charge is -2.12. The number of rotatable bonds is 9. The first-order chi connectivity index (χ1) is 14.6. The van der Waals surface area contributed by atoms with E-state index in [9.17, 15) is 9.59 Å². The van der Waals surface area contributed by atoms with E-state index < -0.39 is 0 Å². The summed E-state index contributed by atoms with van der Waals surface area (Å²) < 4.78 is 11.0. The van der Waals surface area contributed by atoms with Gasteiger partial charge in [0.25, 0.3) is 5.91 Å². The first-order valence-corrected chi connectivity index (χ1v) is 10.5. The number of aromatic nitrogens is 1. The molecule has 0 unspecified atom stereocenters. The summed E-state index contributed by atoms with van der Waals surface area (Å²) in [5.74, 6) is 0.390. The smallest absolute Gasteiger partial charge is 0.251 e. The Balaban J connectivity index is 1.55. The largest absolute Gasteiger partial charge is 0.490 e. The van der Waals surface area contributed by atoms with E-state index in [0.29, 0.717) is 36.0 Å². The van der Waals surface area contributed by atoms with Crippen molar-refractivity contribution in [3.05, 3.63) is 59.6 Å². The average Bonchev–Trinajstić information content (AvgIpc) is 3.29. The van der Waals surface area contributed by atoms with Gasteiger partial charge in [-0.15, -0.1) is 11.3 Å². The lowest BCUT2D eigenvalue weighted by Crippen LogP contribution is -2.32. The van der Waals surface area contributed by atoms with E-state index >= 15 is 0 Å². The fourth-order valence-corrected chi connectivity index (χ4v) is 3.37. The van der Waals surface area contributed by atoms with Crippen LogP contribution in [0.3, 0.4) is 0 Å². The number of hydrogen-bond donors (Lipinski definition) is 2. The molecular weight excluding hydrogens is 402 g/mol. The summed E-state index contributed by atoms with van der Waals surface area (Å²) >= 11 is 1.55. The number of amides is 2. The van der Waals surface area contributed by atoms with Crippen LogP contribution < -0.4 is 20.1 Å². The Morgan fingerprint density at radius 1 is 1.00 bits per heavy atom. The van der Waals surface area contributed by atoms with Crippen LogP contribution in [-0.2, 0) is 4.79 Å². The van der Waals surface area contributed by atoms with Crippen molar-refractivity contribution in [3.63, 3.8) is 0 Å². The lowest BCUT2D eigenvalue weighted by atomic mass is 10.2. The van der Waals surface area contributed by atoms with Crippen LogP contribution in [-0.4, -0.2) is 36.6 Å². The monoisotopic (exact) mass is 425 g/mol. The van der Waals surface area contributed by atoms with Crippen molar-refractivity contribution < 1.29 is 19.1 Å². The van der Waals surface area contributed by atoms with Crippen molar-refractivity contribution >= 4 is 28.8 Å². The SMILES string of the molecule is CCOc1ccc(C(=O)NCC(=O)Nc2ccc(-c3nccs3)cc2)cc1OCC. The third-order valence-electron chi connectivity index (χ3n) is 4.06. The molecule has 2 N–H and O–H groups in total. The summed E-state index contributed by atoms with van der Waals surface area (Å²) in [5.41, 5.74) is 2.02. The molecule has 0 saturated heterocycles. The molecule has 2 aromatic carbocycles. The third-order valence-corrected chi connectivity index (χ3v) is 4.89. The summed E-state index contributed by atoms with van der Waals surface area (Å²) in [6.07, 6.45) is 1.75. The number of carbonyl (C=O) groups excluding carboxylic acids is 2. The second kappa shape index (κ2) is 10.4. The minimum atomic E-state index is -0.367. The second-order valence-corrected chi connectivity index (χ2v) is 7.07. The van der Waals surface area contributed by atoms with E-state index in [-0.39, 0.29) is 18.4 Å². The number of benzene rings is 2. The fourth-order valence-electron chi connectivity index (χ4n) is 2.72. The molecule has 0 saturated carbocycles. The number of ether oxygens (including phenoxy) is 2. The normalized spacial score (nSPS) is 10.3. The van der Waals surface area contributed by atoms with Gasteiger partial charge in [-0.2, -0.15) is 0 Å². The van der Waals surface area contributed by atoms with Gasteiger partial charge in [0.05, 0.1) is 19.8 Å². The van der Waals surface area contributed by atoms with Crippen LogP contribution in [0, 0.1) is 0 Å². The minimum absolute atomic E-state index is 0.149. The van der Waals surface area contributed by atoms with Gasteiger partial charge in [0.2, 0.25) is 5.91 Å². The third kappa shape index (κ3) is 5.57. The first kappa shape index (κ1) is 21.3. The summed E-state index contributed by atoms with van der Waals surface area (Å²) in [6, 6.07) is 12.3. The lowest BCUT2D eigenvalue weighted by molar-refractivity contribution is -0.115. The molecular formula is C22H23N3O4S. The molecule has 2 amide bonds. The highest BCUT2D eigenvalue weighted by Crippen LogP contribution is 2.28. The van der Waals surface area contributed by atoms with Crippen molar-refractivity contribution in [1.29, 1.82) is 0 Å². The number of nitrogens with zero attached hydrogens (tertiary/aromatic N) is 1. The van der Waals surface area contributed by atoms with Crippen molar-refractivity contribution in [3.8, 4) is 22.1 Å². The zero-order valence-corrected chi connectivity index (χ0v) is 17.6. The molecule has 0 aliphatic carbocycles. The molecule has 0 aliphatic rings. The van der Waals surface area contributed by atoms with Crippen LogP contribution in [0.1, 0.15) is 24.2 Å². The molecule has 7 nitrogen and oxygen atoms in total. The van der Waals surface area contributed by atoms with Gasteiger partial charge in [-0.3, -0.25) is 9.59 Å². The summed E-state index contributed by atoms with van der Waals surface area (Å²) in [7, 11) is 0. The Morgan fingerprint density at radius 3 is 2.40 bits per heavy atom. The predicted octanol–water partition coefficient (Wildman–Crippen LogP) is 3.98. The number of anilines is 1. The molecule has 8 heteroatoms. The molecule has 0 spiro atoms. The van der Waals surface area contributed by atoms with E-state index in [2.05, 4.69) is 15.6 Å². The van der Waals surface area contributed by atoms with Crippen LogP contribution in [0.2, 0.25) is 0 Å². The van der Waals surface area contributed by atoms with Gasteiger partial charge < -0.3 is 20.1 Å². The molecule has 3 rings (SSSR count). The van der Waals surface area contributed by atoms with E-state index in [1.807, 2.05) is 31.4 Å². The highest BCUT2D eigenvalue weighted by molar-refractivity contribution is 7.13. The quantitative estimate of drug-likeness (QED) is 0.541. The summed E-state index contributed by atoms with van der Waals surface area (Å²) in [6.45, 7) is 4.54. The highest BCUT2D eigenvalue weighted by Gasteiger charge is 2.13. The Labute approximate surface area is 179 Å². The number of thiazole rings is 1. The Hall–Kier alpha value is -3.39. The van der Waals surface area contributed by atoms with Crippen molar-refractivity contribution in [1.82, 2.24) is 10.3 Å². The predicted molar refractivity (Wildman–Crippen MR) is 117 cm³/mol. The molecule has 1 heterocycles. The van der Waals surface area contributed by atoms with Crippen LogP contribution in [0.4, 0.5) is 5.69 Å². The molecule has 0 radical (unpaired) electrons. The molecule has 30 heavy (non-hydrogen) atoms. The van der Waals surface area contributed by atoms with Crippen LogP contribution in [0.15, 0.2) is 54.0 Å². The summed E-state index contributed by atoms with van der Waals surface area (Å²) in [4.78, 5) is 28.9. The van der Waals surface area contributed by atoms with Crippen molar-refractivity contribution in [2.45, 2.75) is 13.8 Å². The Morgan fingerprint density at radius 2 is 1.73 bits per heavy atom. The molecule has 0 bridgehead atoms. The first-order valence-electron chi connectivity index (χ1n) is 9.58. The molecule has 156 valence electrons. The van der Waals surface area contributed by atoms with Gasteiger partial charge >= 0.3 is 0 Å². The van der Waals surface area contributed by atoms with Gasteiger partial charge in [-0.05, 0) is 56.3 Å². The van der Waals surface area contributed by atoms with E-state index in [1.165, 1.54) is 0 Å².